The van der Waals surface area contributed by atoms with Crippen molar-refractivity contribution in [3.05, 3.63) is 29.8 Å². The van der Waals surface area contributed by atoms with Crippen LogP contribution in [0.4, 0.5) is 0 Å². The van der Waals surface area contributed by atoms with E-state index in [0.717, 1.165) is 24.3 Å². The van der Waals surface area contributed by atoms with Crippen LogP contribution in [-0.2, 0) is 0 Å². The lowest BCUT2D eigenvalue weighted by Gasteiger charge is -2.39. The minimum absolute atomic E-state index is 0.0513. The van der Waals surface area contributed by atoms with Gasteiger partial charge in [0.2, 0.25) is 0 Å². The molecule has 1 aliphatic heterocycles. The van der Waals surface area contributed by atoms with Crippen LogP contribution in [0.5, 0.6) is 5.75 Å². The third kappa shape index (κ3) is 3.24. The van der Waals surface area contributed by atoms with Crippen LogP contribution >= 0.6 is 0 Å². The van der Waals surface area contributed by atoms with Gasteiger partial charge in [-0.2, -0.15) is 0 Å². The summed E-state index contributed by atoms with van der Waals surface area (Å²) in [5, 5.41) is 0. The van der Waals surface area contributed by atoms with Crippen molar-refractivity contribution in [1.82, 2.24) is 4.90 Å². The Morgan fingerprint density at radius 3 is 2.89 bits per heavy atom. The summed E-state index contributed by atoms with van der Waals surface area (Å²) in [5.41, 5.74) is 6.95. The predicted molar refractivity (Wildman–Crippen MR) is 74.8 cm³/mol. The Morgan fingerprint density at radius 1 is 1.44 bits per heavy atom. The molecule has 2 rings (SSSR count). The summed E-state index contributed by atoms with van der Waals surface area (Å²) in [7, 11) is 2.15. The number of rotatable bonds is 3. The van der Waals surface area contributed by atoms with Crippen LogP contribution in [-0.4, -0.2) is 30.6 Å². The van der Waals surface area contributed by atoms with Gasteiger partial charge in [0, 0.05) is 12.6 Å². The molecule has 1 aliphatic rings. The normalized spacial score (nSPS) is 26.9. The maximum atomic E-state index is 6.21. The van der Waals surface area contributed by atoms with Gasteiger partial charge in [-0.05, 0) is 58.0 Å². The highest BCUT2D eigenvalue weighted by Gasteiger charge is 2.31. The molecule has 0 bridgehead atoms. The Kier molecular flexibility index (Phi) is 3.93. The quantitative estimate of drug-likeness (QED) is 0.893. The summed E-state index contributed by atoms with van der Waals surface area (Å²) in [6.07, 6.45) is 2.31. The van der Waals surface area contributed by atoms with Crippen LogP contribution in [0.25, 0.3) is 0 Å². The molecular weight excluding hydrogens is 224 g/mol. The number of benzene rings is 1. The van der Waals surface area contributed by atoms with E-state index in [4.69, 9.17) is 10.5 Å². The Balaban J connectivity index is 2.10. The molecule has 2 N–H and O–H groups in total. The van der Waals surface area contributed by atoms with Crippen molar-refractivity contribution in [2.45, 2.75) is 38.3 Å². The second-order valence-corrected chi connectivity index (χ2v) is 5.75. The largest absolute Gasteiger partial charge is 0.486 e. The average Bonchev–Trinajstić information content (AvgIpc) is 2.28. The number of piperidine rings is 1. The van der Waals surface area contributed by atoms with Crippen LogP contribution in [0.3, 0.4) is 0 Å². The second-order valence-electron chi connectivity index (χ2n) is 5.75. The van der Waals surface area contributed by atoms with E-state index >= 15 is 0 Å². The average molecular weight is 248 g/mol. The van der Waals surface area contributed by atoms with Gasteiger partial charge in [0.25, 0.3) is 0 Å². The Labute approximate surface area is 110 Å². The zero-order chi connectivity index (χ0) is 13.2. The zero-order valence-corrected chi connectivity index (χ0v) is 11.6. The molecule has 0 amide bonds. The number of likely N-dealkylation sites (N-methyl/N-ethyl adjacent to an activating group) is 1. The zero-order valence-electron chi connectivity index (χ0n) is 11.6. The van der Waals surface area contributed by atoms with E-state index in [1.54, 1.807) is 0 Å². The molecule has 100 valence electrons. The van der Waals surface area contributed by atoms with Crippen LogP contribution < -0.4 is 10.5 Å². The predicted octanol–water partition coefficient (Wildman–Crippen LogP) is 2.57. The minimum Gasteiger partial charge on any atom is -0.486 e. The molecule has 0 spiro atoms. The lowest BCUT2D eigenvalue weighted by Crippen LogP contribution is -2.48. The second kappa shape index (κ2) is 5.29. The summed E-state index contributed by atoms with van der Waals surface area (Å²) >= 11 is 0. The highest BCUT2D eigenvalue weighted by molar-refractivity contribution is 5.30. The summed E-state index contributed by atoms with van der Waals surface area (Å²) in [6, 6.07) is 8.20. The topological polar surface area (TPSA) is 38.5 Å². The number of nitrogens with two attached hydrogens (primary N) is 1. The Morgan fingerprint density at radius 2 is 2.22 bits per heavy atom. The van der Waals surface area contributed by atoms with E-state index in [2.05, 4.69) is 24.9 Å². The van der Waals surface area contributed by atoms with Crippen molar-refractivity contribution < 1.29 is 4.74 Å². The smallest absolute Gasteiger partial charge is 0.120 e. The molecule has 18 heavy (non-hydrogen) atoms. The van der Waals surface area contributed by atoms with Crippen molar-refractivity contribution in [1.29, 1.82) is 0 Å². The third-order valence-corrected chi connectivity index (χ3v) is 3.60. The van der Waals surface area contributed by atoms with Gasteiger partial charge in [-0.15, -0.1) is 0 Å². The Bertz CT molecular complexity index is 405. The van der Waals surface area contributed by atoms with Gasteiger partial charge in [-0.1, -0.05) is 12.1 Å². The SMILES string of the molecule is CC(N)c1cccc(OC2(C)CCCN(C)C2)c1. The first-order chi connectivity index (χ1) is 8.48. The van der Waals surface area contributed by atoms with Gasteiger partial charge in [0.15, 0.2) is 0 Å². The fourth-order valence-corrected chi connectivity index (χ4v) is 2.68. The van der Waals surface area contributed by atoms with E-state index in [9.17, 15) is 0 Å². The van der Waals surface area contributed by atoms with Crippen molar-refractivity contribution in [2.75, 3.05) is 20.1 Å². The Hall–Kier alpha value is -1.06. The minimum atomic E-state index is -0.0799. The molecule has 3 nitrogen and oxygen atoms in total. The molecule has 0 aromatic heterocycles. The van der Waals surface area contributed by atoms with E-state index in [1.807, 2.05) is 25.1 Å². The van der Waals surface area contributed by atoms with Gasteiger partial charge in [-0.3, -0.25) is 0 Å². The first-order valence-corrected chi connectivity index (χ1v) is 6.72. The van der Waals surface area contributed by atoms with E-state index in [0.29, 0.717) is 0 Å². The molecule has 1 fully saturated rings. The third-order valence-electron chi connectivity index (χ3n) is 3.60. The monoisotopic (exact) mass is 248 g/mol. The van der Waals surface area contributed by atoms with Gasteiger partial charge in [0.05, 0.1) is 0 Å². The van der Waals surface area contributed by atoms with Crippen LogP contribution in [0.2, 0.25) is 0 Å². The fourth-order valence-electron chi connectivity index (χ4n) is 2.68. The van der Waals surface area contributed by atoms with Crippen LogP contribution in [0, 0.1) is 0 Å². The maximum Gasteiger partial charge on any atom is 0.120 e. The molecule has 0 saturated carbocycles. The molecule has 0 radical (unpaired) electrons. The van der Waals surface area contributed by atoms with Gasteiger partial charge in [-0.25, -0.2) is 0 Å². The molecule has 3 heteroatoms. The number of nitrogens with zero attached hydrogens (tertiary/aromatic N) is 1. The van der Waals surface area contributed by atoms with Crippen molar-refractivity contribution in [2.24, 2.45) is 5.73 Å². The first kappa shape index (κ1) is 13.4. The highest BCUT2D eigenvalue weighted by atomic mass is 16.5. The molecule has 1 aromatic carbocycles. The van der Waals surface area contributed by atoms with E-state index in [-0.39, 0.29) is 11.6 Å². The molecular formula is C15H24N2O. The lowest BCUT2D eigenvalue weighted by atomic mass is 9.95. The maximum absolute atomic E-state index is 6.21. The summed E-state index contributed by atoms with van der Waals surface area (Å²) in [5.74, 6) is 0.933. The van der Waals surface area contributed by atoms with Crippen LogP contribution in [0.1, 0.15) is 38.3 Å². The molecule has 2 unspecified atom stereocenters. The number of likely N-dealkylation sites (tertiary alicyclic amines) is 1. The lowest BCUT2D eigenvalue weighted by molar-refractivity contribution is 0.0155. The summed E-state index contributed by atoms with van der Waals surface area (Å²) < 4.78 is 6.21. The first-order valence-electron chi connectivity index (χ1n) is 6.72. The number of hydrogen-bond donors (Lipinski definition) is 1. The molecule has 1 heterocycles. The summed E-state index contributed by atoms with van der Waals surface area (Å²) in [6.45, 7) is 6.34. The van der Waals surface area contributed by atoms with E-state index < -0.39 is 0 Å². The summed E-state index contributed by atoms with van der Waals surface area (Å²) in [4.78, 5) is 2.33. The van der Waals surface area contributed by atoms with Gasteiger partial charge in [0.1, 0.15) is 11.4 Å². The van der Waals surface area contributed by atoms with Crippen LogP contribution in [0.15, 0.2) is 24.3 Å². The van der Waals surface area contributed by atoms with Crippen molar-refractivity contribution in [3.8, 4) is 5.75 Å². The molecule has 2 atom stereocenters. The van der Waals surface area contributed by atoms with Crippen molar-refractivity contribution in [3.63, 3.8) is 0 Å². The van der Waals surface area contributed by atoms with Gasteiger partial charge < -0.3 is 15.4 Å². The standard InChI is InChI=1S/C15H24N2O/c1-12(16)13-6-4-7-14(10-13)18-15(2)8-5-9-17(3)11-15/h4,6-7,10,12H,5,8-9,11,16H2,1-3H3. The van der Waals surface area contributed by atoms with Gasteiger partial charge >= 0.3 is 0 Å². The molecule has 0 aliphatic carbocycles. The molecule has 1 saturated heterocycles. The highest BCUT2D eigenvalue weighted by Crippen LogP contribution is 2.28. The number of ether oxygens (including phenoxy) is 1. The molecule has 1 aromatic rings. The van der Waals surface area contributed by atoms with Crippen molar-refractivity contribution >= 4 is 0 Å². The fraction of sp³-hybridized carbons (Fsp3) is 0.600. The number of hydrogen-bond acceptors (Lipinski definition) is 3. The van der Waals surface area contributed by atoms with E-state index in [1.165, 1.54) is 13.0 Å².